The lowest BCUT2D eigenvalue weighted by atomic mass is 9.92. The Labute approximate surface area is 147 Å². The molecule has 1 saturated carbocycles. The maximum Gasteiger partial charge on any atom is 0.266 e. The van der Waals surface area contributed by atoms with E-state index in [0.29, 0.717) is 12.5 Å². The smallest absolute Gasteiger partial charge is 0.266 e. The number of benzene rings is 1. The highest BCUT2D eigenvalue weighted by atomic mass is 19.3. The van der Waals surface area contributed by atoms with Gasteiger partial charge in [-0.3, -0.25) is 5.10 Å². The Morgan fingerprint density at radius 3 is 2.52 bits per heavy atom. The van der Waals surface area contributed by atoms with Crippen LogP contribution in [0.15, 0.2) is 24.3 Å². The van der Waals surface area contributed by atoms with Gasteiger partial charge in [-0.25, -0.2) is 8.78 Å². The van der Waals surface area contributed by atoms with Crippen LogP contribution in [0.5, 0.6) is 0 Å². The summed E-state index contributed by atoms with van der Waals surface area (Å²) in [7, 11) is 0. The normalized spacial score (nSPS) is 20.3. The molecular weight excluding hydrogens is 320 g/mol. The van der Waals surface area contributed by atoms with Crippen molar-refractivity contribution in [2.24, 2.45) is 0 Å². The fourth-order valence-electron chi connectivity index (χ4n) is 3.51. The molecule has 2 heterocycles. The molecule has 0 radical (unpaired) electrons. The van der Waals surface area contributed by atoms with E-state index in [4.69, 9.17) is 0 Å². The molecule has 1 aromatic heterocycles. The van der Waals surface area contributed by atoms with Gasteiger partial charge in [0.25, 0.3) is 5.92 Å². The highest BCUT2D eigenvalue weighted by Gasteiger charge is 2.40. The Balaban J connectivity index is 1.70. The lowest BCUT2D eigenvalue weighted by Gasteiger charge is -2.22. The molecule has 2 fully saturated rings. The molecule has 0 spiro atoms. The first-order valence-electron chi connectivity index (χ1n) is 9.06. The Hall–Kier alpha value is -1.91. The van der Waals surface area contributed by atoms with E-state index < -0.39 is 5.92 Å². The topological polar surface area (TPSA) is 31.9 Å². The number of nitrogens with one attached hydrogen (secondary N) is 1. The second-order valence-corrected chi connectivity index (χ2v) is 8.49. The second-order valence-electron chi connectivity index (χ2n) is 8.49. The molecule has 0 bridgehead atoms. The van der Waals surface area contributed by atoms with Crippen molar-refractivity contribution in [1.82, 2.24) is 10.2 Å². The predicted octanol–water partition coefficient (Wildman–Crippen LogP) is 5.10. The molecule has 1 N–H and O–H groups in total. The van der Waals surface area contributed by atoms with Crippen molar-refractivity contribution in [2.45, 2.75) is 57.3 Å². The Morgan fingerprint density at radius 2 is 1.96 bits per heavy atom. The standard InChI is InChI=1S/C20H25F2N3/c1-19(2,3)18-11-16(23-24-18)14-6-7-15(13-4-5-13)17(10-14)25-9-8-20(21,22)12-25/h6-7,10-11,13H,4-5,8-9,12H2,1-3H3,(H,23,24). The molecule has 1 aliphatic carbocycles. The number of alkyl halides is 2. The minimum Gasteiger partial charge on any atom is -0.365 e. The number of aromatic nitrogens is 2. The SMILES string of the molecule is CC(C)(C)c1cc(-c2ccc(C3CC3)c(N3CCC(F)(F)C3)c2)n[nH]1. The van der Waals surface area contributed by atoms with Crippen LogP contribution in [-0.4, -0.2) is 29.2 Å². The number of H-pyrrole nitrogens is 1. The average molecular weight is 345 g/mol. The summed E-state index contributed by atoms with van der Waals surface area (Å²) in [6, 6.07) is 8.31. The van der Waals surface area contributed by atoms with Gasteiger partial charge in [0.1, 0.15) is 0 Å². The molecule has 3 nitrogen and oxygen atoms in total. The van der Waals surface area contributed by atoms with Crippen LogP contribution in [0.4, 0.5) is 14.5 Å². The van der Waals surface area contributed by atoms with E-state index in [1.165, 1.54) is 5.56 Å². The molecule has 2 aromatic rings. The van der Waals surface area contributed by atoms with Gasteiger partial charge in [0.2, 0.25) is 0 Å². The summed E-state index contributed by atoms with van der Waals surface area (Å²) in [6.07, 6.45) is 2.26. The Morgan fingerprint density at radius 1 is 1.20 bits per heavy atom. The molecule has 5 heteroatoms. The third-order valence-electron chi connectivity index (χ3n) is 5.24. The lowest BCUT2D eigenvalue weighted by molar-refractivity contribution is 0.0257. The summed E-state index contributed by atoms with van der Waals surface area (Å²) in [4.78, 5) is 1.86. The van der Waals surface area contributed by atoms with Gasteiger partial charge in [-0.2, -0.15) is 5.10 Å². The largest absolute Gasteiger partial charge is 0.365 e. The van der Waals surface area contributed by atoms with Crippen LogP contribution in [0, 0.1) is 0 Å². The number of aromatic amines is 1. The number of hydrogen-bond acceptors (Lipinski definition) is 2. The summed E-state index contributed by atoms with van der Waals surface area (Å²) < 4.78 is 27.5. The third kappa shape index (κ3) is 3.29. The van der Waals surface area contributed by atoms with Gasteiger partial charge in [0.15, 0.2) is 0 Å². The van der Waals surface area contributed by atoms with Crippen molar-refractivity contribution >= 4 is 5.69 Å². The van der Waals surface area contributed by atoms with E-state index in [9.17, 15) is 8.78 Å². The lowest BCUT2D eigenvalue weighted by Crippen LogP contribution is -2.25. The number of hydrogen-bond donors (Lipinski definition) is 1. The van der Waals surface area contributed by atoms with E-state index in [2.05, 4.69) is 55.2 Å². The van der Waals surface area contributed by atoms with Crippen LogP contribution in [0.3, 0.4) is 0 Å². The molecule has 1 aromatic carbocycles. The zero-order valence-electron chi connectivity index (χ0n) is 15.1. The highest BCUT2D eigenvalue weighted by Crippen LogP contribution is 2.46. The third-order valence-corrected chi connectivity index (χ3v) is 5.24. The van der Waals surface area contributed by atoms with E-state index in [0.717, 1.165) is 35.5 Å². The first-order chi connectivity index (χ1) is 11.7. The molecule has 0 amide bonds. The van der Waals surface area contributed by atoms with Gasteiger partial charge in [0.05, 0.1) is 12.2 Å². The molecule has 2 aliphatic rings. The zero-order chi connectivity index (χ0) is 17.8. The summed E-state index contributed by atoms with van der Waals surface area (Å²) >= 11 is 0. The quantitative estimate of drug-likeness (QED) is 0.839. The van der Waals surface area contributed by atoms with Gasteiger partial charge in [-0.1, -0.05) is 32.9 Å². The molecule has 1 aliphatic heterocycles. The minimum atomic E-state index is -2.58. The molecule has 0 atom stereocenters. The first kappa shape index (κ1) is 16.6. The zero-order valence-corrected chi connectivity index (χ0v) is 15.1. The number of anilines is 1. The van der Waals surface area contributed by atoms with Crippen molar-refractivity contribution in [3.05, 3.63) is 35.5 Å². The van der Waals surface area contributed by atoms with Crippen molar-refractivity contribution in [3.8, 4) is 11.3 Å². The molecule has 4 rings (SSSR count). The van der Waals surface area contributed by atoms with Crippen molar-refractivity contribution in [3.63, 3.8) is 0 Å². The van der Waals surface area contributed by atoms with Crippen LogP contribution in [0.2, 0.25) is 0 Å². The molecule has 25 heavy (non-hydrogen) atoms. The molecular formula is C20H25F2N3. The minimum absolute atomic E-state index is 0.000949. The number of rotatable bonds is 3. The predicted molar refractivity (Wildman–Crippen MR) is 96.5 cm³/mol. The Bertz CT molecular complexity index is 784. The molecule has 0 unspecified atom stereocenters. The average Bonchev–Trinajstić information content (AvgIpc) is 3.12. The van der Waals surface area contributed by atoms with E-state index >= 15 is 0 Å². The summed E-state index contributed by atoms with van der Waals surface area (Å²) in [5, 5.41) is 7.56. The Kier molecular flexibility index (Phi) is 3.67. The van der Waals surface area contributed by atoms with Gasteiger partial charge in [-0.05, 0) is 36.5 Å². The van der Waals surface area contributed by atoms with Crippen molar-refractivity contribution in [2.75, 3.05) is 18.0 Å². The monoisotopic (exact) mass is 345 g/mol. The van der Waals surface area contributed by atoms with Crippen molar-refractivity contribution < 1.29 is 8.78 Å². The van der Waals surface area contributed by atoms with Crippen molar-refractivity contribution in [1.29, 1.82) is 0 Å². The van der Waals surface area contributed by atoms with Gasteiger partial charge in [-0.15, -0.1) is 0 Å². The molecule has 1 saturated heterocycles. The summed E-state index contributed by atoms with van der Waals surface area (Å²) in [5.41, 5.74) is 5.12. The van der Waals surface area contributed by atoms with Gasteiger partial charge in [0, 0.05) is 35.3 Å². The summed E-state index contributed by atoms with van der Waals surface area (Å²) in [5.74, 6) is -2.05. The van der Waals surface area contributed by atoms with E-state index in [-0.39, 0.29) is 18.4 Å². The fourth-order valence-corrected chi connectivity index (χ4v) is 3.51. The maximum absolute atomic E-state index is 13.7. The number of halogens is 2. The van der Waals surface area contributed by atoms with Crippen LogP contribution in [-0.2, 0) is 5.41 Å². The first-order valence-corrected chi connectivity index (χ1v) is 9.06. The van der Waals surface area contributed by atoms with Crippen LogP contribution < -0.4 is 4.90 Å². The van der Waals surface area contributed by atoms with Crippen LogP contribution in [0.25, 0.3) is 11.3 Å². The maximum atomic E-state index is 13.7. The number of nitrogens with zero attached hydrogens (tertiary/aromatic N) is 2. The summed E-state index contributed by atoms with van der Waals surface area (Å²) in [6.45, 7) is 6.66. The highest BCUT2D eigenvalue weighted by molar-refractivity contribution is 5.70. The van der Waals surface area contributed by atoms with Crippen LogP contribution in [0.1, 0.15) is 57.2 Å². The second kappa shape index (κ2) is 5.55. The molecule has 134 valence electrons. The van der Waals surface area contributed by atoms with Gasteiger partial charge < -0.3 is 4.90 Å². The van der Waals surface area contributed by atoms with Crippen LogP contribution >= 0.6 is 0 Å². The van der Waals surface area contributed by atoms with Gasteiger partial charge >= 0.3 is 0 Å². The van der Waals surface area contributed by atoms with E-state index in [1.807, 2.05) is 4.90 Å². The fraction of sp³-hybridized carbons (Fsp3) is 0.550. The van der Waals surface area contributed by atoms with E-state index in [1.54, 1.807) is 0 Å².